The summed E-state index contributed by atoms with van der Waals surface area (Å²) in [5.41, 5.74) is -0.986. The largest absolute Gasteiger partial charge is 0.490 e. The molecule has 2 aromatic heterocycles. The average molecular weight is 524 g/mol. The molecule has 1 unspecified atom stereocenters. The molecule has 0 fully saturated rings. The van der Waals surface area contributed by atoms with Crippen molar-refractivity contribution in [3.8, 4) is 11.5 Å². The fourth-order valence-corrected chi connectivity index (χ4v) is 3.60. The average Bonchev–Trinajstić information content (AvgIpc) is 2.90. The Hall–Kier alpha value is -4.64. The third kappa shape index (κ3) is 5.84. The molecule has 0 radical (unpaired) electrons. The van der Waals surface area contributed by atoms with Crippen LogP contribution in [0, 0.1) is 0 Å². The van der Waals surface area contributed by atoms with Crippen LogP contribution in [0.1, 0.15) is 40.9 Å². The molecule has 11 nitrogen and oxygen atoms in total. The molecule has 2 heterocycles. The number of aliphatic hydroxyl groups excluding tert-OH is 1. The number of hydrogen-bond acceptors (Lipinski definition) is 10. The highest BCUT2D eigenvalue weighted by atomic mass is 16.5. The van der Waals surface area contributed by atoms with E-state index in [9.17, 15) is 24.3 Å². The highest BCUT2D eigenvalue weighted by Gasteiger charge is 2.18. The van der Waals surface area contributed by atoms with Gasteiger partial charge in [-0.3, -0.25) is 9.59 Å². The molecular formula is C27H24O11. The maximum Gasteiger partial charge on any atom is 0.374 e. The number of carboxylic acid groups (broad SMARTS) is 1. The van der Waals surface area contributed by atoms with E-state index in [1.54, 1.807) is 6.07 Å². The lowest BCUT2D eigenvalue weighted by Crippen LogP contribution is -2.25. The van der Waals surface area contributed by atoms with Gasteiger partial charge in [0.2, 0.25) is 11.5 Å². The number of unbranched alkanes of at least 4 members (excludes halogenated alkanes) is 1. The Kier molecular flexibility index (Phi) is 8.07. The van der Waals surface area contributed by atoms with Gasteiger partial charge in [-0.25, -0.2) is 9.59 Å². The number of aromatic carboxylic acids is 1. The van der Waals surface area contributed by atoms with Crippen molar-refractivity contribution in [2.24, 2.45) is 0 Å². The zero-order chi connectivity index (χ0) is 27.2. The Balaban J connectivity index is 1.45. The highest BCUT2D eigenvalue weighted by Crippen LogP contribution is 2.25. The van der Waals surface area contributed by atoms with Crippen LogP contribution in [0.4, 0.5) is 0 Å². The number of fused-ring (bicyclic) bond motifs is 2. The van der Waals surface area contributed by atoms with E-state index in [2.05, 4.69) is 0 Å². The number of carbonyl (C=O) groups is 2. The fraction of sp³-hybridized carbons (Fsp3) is 0.259. The van der Waals surface area contributed by atoms with Crippen molar-refractivity contribution in [1.29, 1.82) is 0 Å². The van der Waals surface area contributed by atoms with Crippen LogP contribution in [0.3, 0.4) is 0 Å². The Morgan fingerprint density at radius 1 is 0.868 bits per heavy atom. The van der Waals surface area contributed by atoms with E-state index in [1.807, 2.05) is 6.92 Å². The molecule has 1 atom stereocenters. The molecule has 2 N–H and O–H groups in total. The maximum atomic E-state index is 12.7. The quantitative estimate of drug-likeness (QED) is 0.218. The molecule has 0 bridgehead atoms. The number of carboxylic acids is 1. The summed E-state index contributed by atoms with van der Waals surface area (Å²) in [6.07, 6.45) is 0.357. The zero-order valence-electron chi connectivity index (χ0n) is 20.3. The molecular weight excluding hydrogens is 500 g/mol. The van der Waals surface area contributed by atoms with Crippen LogP contribution in [0.2, 0.25) is 0 Å². The Morgan fingerprint density at radius 2 is 1.39 bits per heavy atom. The van der Waals surface area contributed by atoms with E-state index in [0.717, 1.165) is 18.6 Å². The molecule has 0 amide bonds. The minimum atomic E-state index is -1.38. The number of rotatable bonds is 11. The minimum absolute atomic E-state index is 0.0224. The lowest BCUT2D eigenvalue weighted by atomic mass is 10.2. The van der Waals surface area contributed by atoms with E-state index >= 15 is 0 Å². The van der Waals surface area contributed by atoms with Crippen molar-refractivity contribution in [3.63, 3.8) is 0 Å². The molecule has 2 aromatic carbocycles. The Bertz CT molecular complexity index is 1600. The molecule has 0 aliphatic rings. The van der Waals surface area contributed by atoms with Crippen LogP contribution in [-0.2, 0) is 4.74 Å². The van der Waals surface area contributed by atoms with Crippen LogP contribution in [0.5, 0.6) is 11.5 Å². The van der Waals surface area contributed by atoms with Crippen LogP contribution < -0.4 is 20.3 Å². The molecule has 11 heteroatoms. The number of esters is 1. The number of benzene rings is 2. The van der Waals surface area contributed by atoms with Gasteiger partial charge in [0.1, 0.15) is 52.8 Å². The summed E-state index contributed by atoms with van der Waals surface area (Å²) < 4.78 is 27.1. The lowest BCUT2D eigenvalue weighted by Gasteiger charge is -2.15. The van der Waals surface area contributed by atoms with Crippen molar-refractivity contribution in [2.45, 2.75) is 25.9 Å². The van der Waals surface area contributed by atoms with E-state index < -0.39 is 34.7 Å². The second-order valence-corrected chi connectivity index (χ2v) is 8.28. The molecule has 0 saturated heterocycles. The molecule has 0 aliphatic carbocycles. The smallest absolute Gasteiger partial charge is 0.374 e. The van der Waals surface area contributed by atoms with Crippen LogP contribution in [-0.4, -0.2) is 48.1 Å². The predicted molar refractivity (Wildman–Crippen MR) is 134 cm³/mol. The third-order valence-corrected chi connectivity index (χ3v) is 5.44. The van der Waals surface area contributed by atoms with Gasteiger partial charge in [-0.15, -0.1) is 0 Å². The van der Waals surface area contributed by atoms with Gasteiger partial charge in [0, 0.05) is 12.1 Å². The maximum absolute atomic E-state index is 12.7. The number of carbonyl (C=O) groups excluding carboxylic acids is 1. The first-order valence-corrected chi connectivity index (χ1v) is 11.8. The van der Waals surface area contributed by atoms with Gasteiger partial charge in [0.15, 0.2) is 10.9 Å². The topological polar surface area (TPSA) is 163 Å². The second kappa shape index (κ2) is 11.6. The summed E-state index contributed by atoms with van der Waals surface area (Å²) in [5, 5.41) is 19.6. The Morgan fingerprint density at radius 3 is 1.92 bits per heavy atom. The zero-order valence-corrected chi connectivity index (χ0v) is 20.3. The van der Waals surface area contributed by atoms with Gasteiger partial charge in [-0.05, 0) is 30.7 Å². The summed E-state index contributed by atoms with van der Waals surface area (Å²) in [6, 6.07) is 10.9. The van der Waals surface area contributed by atoms with Crippen LogP contribution in [0.15, 0.2) is 67.0 Å². The molecule has 198 valence electrons. The summed E-state index contributed by atoms with van der Waals surface area (Å²) >= 11 is 0. The minimum Gasteiger partial charge on any atom is -0.490 e. The summed E-state index contributed by atoms with van der Waals surface area (Å²) in [7, 11) is 0. The molecule has 0 saturated carbocycles. The summed E-state index contributed by atoms with van der Waals surface area (Å²) in [6.45, 7) is 1.61. The monoisotopic (exact) mass is 524 g/mol. The van der Waals surface area contributed by atoms with E-state index in [-0.39, 0.29) is 59.0 Å². The SMILES string of the molecule is CCCCOC(=O)c1cc(=O)c2c(OCC(O)COc3cccc4oc(C(=O)O)cc(=O)c34)cccc2o1. The first kappa shape index (κ1) is 26.4. The van der Waals surface area contributed by atoms with Crippen LogP contribution >= 0.6 is 0 Å². The van der Waals surface area contributed by atoms with Crippen molar-refractivity contribution in [2.75, 3.05) is 19.8 Å². The normalized spacial score (nSPS) is 11.8. The van der Waals surface area contributed by atoms with Crippen molar-refractivity contribution in [3.05, 3.63) is 80.5 Å². The lowest BCUT2D eigenvalue weighted by molar-refractivity contribution is 0.0463. The molecule has 4 aromatic rings. The molecule has 0 aliphatic heterocycles. The van der Waals surface area contributed by atoms with Gasteiger partial charge >= 0.3 is 11.9 Å². The number of hydrogen-bond donors (Lipinski definition) is 2. The van der Waals surface area contributed by atoms with Gasteiger partial charge in [-0.2, -0.15) is 0 Å². The van der Waals surface area contributed by atoms with Gasteiger partial charge in [0.05, 0.1) is 6.61 Å². The van der Waals surface area contributed by atoms with Crippen LogP contribution in [0.25, 0.3) is 21.9 Å². The summed E-state index contributed by atoms with van der Waals surface area (Å²) in [4.78, 5) is 48.4. The number of ether oxygens (including phenoxy) is 3. The van der Waals surface area contributed by atoms with Gasteiger partial charge in [-0.1, -0.05) is 25.5 Å². The van der Waals surface area contributed by atoms with E-state index in [1.165, 1.54) is 30.3 Å². The molecule has 38 heavy (non-hydrogen) atoms. The molecule has 4 rings (SSSR count). The third-order valence-electron chi connectivity index (χ3n) is 5.44. The first-order valence-electron chi connectivity index (χ1n) is 11.8. The van der Waals surface area contributed by atoms with Crippen molar-refractivity contribution < 1.29 is 42.8 Å². The molecule has 0 spiro atoms. The van der Waals surface area contributed by atoms with Crippen molar-refractivity contribution in [1.82, 2.24) is 0 Å². The summed E-state index contributed by atoms with van der Waals surface area (Å²) in [5.74, 6) is -2.62. The second-order valence-electron chi connectivity index (χ2n) is 8.28. The van der Waals surface area contributed by atoms with Crippen molar-refractivity contribution >= 4 is 33.9 Å². The van der Waals surface area contributed by atoms with Gasteiger partial charge in [0.25, 0.3) is 0 Å². The highest BCUT2D eigenvalue weighted by molar-refractivity contribution is 5.91. The number of aliphatic hydroxyl groups is 1. The van der Waals surface area contributed by atoms with E-state index in [0.29, 0.717) is 6.42 Å². The van der Waals surface area contributed by atoms with E-state index in [4.69, 9.17) is 28.2 Å². The Labute approximate surface area is 214 Å². The predicted octanol–water partition coefficient (Wildman–Crippen LogP) is 3.37. The van der Waals surface area contributed by atoms with Gasteiger partial charge < -0.3 is 33.3 Å². The fourth-order valence-electron chi connectivity index (χ4n) is 3.60. The first-order chi connectivity index (χ1) is 18.3. The standard InChI is InChI=1S/C27H24O11/c1-2-3-10-34-27(33)23-12-17(30)25-19(7-5-9-21(25)38-23)36-14-15(28)13-35-18-6-4-8-20-24(18)16(29)11-22(37-20)26(31)32/h4-9,11-12,15,28H,2-3,10,13-14H2,1H3,(H,31,32).